The molecule has 120 valence electrons. The second-order valence-electron chi connectivity index (χ2n) is 4.92. The van der Waals surface area contributed by atoms with E-state index < -0.39 is 4.92 Å². The Morgan fingerprint density at radius 3 is 2.75 bits per heavy atom. The zero-order chi connectivity index (χ0) is 17.1. The van der Waals surface area contributed by atoms with Crippen LogP contribution in [-0.4, -0.2) is 18.8 Å². The minimum absolute atomic E-state index is 0.0775. The van der Waals surface area contributed by atoms with Crippen LogP contribution in [0, 0.1) is 21.4 Å². The number of nitro benzene ring substituents is 1. The van der Waals surface area contributed by atoms with Gasteiger partial charge in [0.25, 0.3) is 5.69 Å². The molecule has 2 aromatic rings. The Morgan fingerprint density at radius 1 is 1.33 bits per heavy atom. The predicted octanol–water partition coefficient (Wildman–Crippen LogP) is 3.40. The first-order valence-electron chi connectivity index (χ1n) is 6.96. The fourth-order valence-electron chi connectivity index (χ4n) is 2.35. The maximum Gasteiger partial charge on any atom is 0.270 e. The van der Waals surface area contributed by atoms with E-state index in [-0.39, 0.29) is 18.1 Å². The molecule has 0 atom stereocenters. The molecule has 0 N–H and O–H groups in total. The molecule has 0 unspecified atom stereocenters. The molecule has 0 spiro atoms. The van der Waals surface area contributed by atoms with E-state index >= 15 is 0 Å². The van der Waals surface area contributed by atoms with Gasteiger partial charge in [-0.15, -0.1) is 0 Å². The zero-order valence-electron chi connectivity index (χ0n) is 12.7. The van der Waals surface area contributed by atoms with Gasteiger partial charge in [-0.05, 0) is 17.7 Å². The van der Waals surface area contributed by atoms with Crippen molar-refractivity contribution in [3.8, 4) is 23.3 Å². The second kappa shape index (κ2) is 6.30. The highest BCUT2D eigenvalue weighted by Crippen LogP contribution is 2.39. The molecule has 0 saturated carbocycles. The lowest BCUT2D eigenvalue weighted by molar-refractivity contribution is -0.384. The van der Waals surface area contributed by atoms with Crippen LogP contribution in [0.25, 0.3) is 11.6 Å². The first-order chi connectivity index (χ1) is 11.6. The van der Waals surface area contributed by atoms with E-state index in [4.69, 9.17) is 14.2 Å². The predicted molar refractivity (Wildman–Crippen MR) is 85.7 cm³/mol. The number of ether oxygens (including phenoxy) is 3. The SMILES string of the molecule is COc1cc2c(cc1C=C(C#N)c1cccc([N+](=O)[O-])c1)OCO2. The molecule has 0 fully saturated rings. The second-order valence-corrected chi connectivity index (χ2v) is 4.92. The van der Waals surface area contributed by atoms with Crippen LogP contribution in [0.4, 0.5) is 5.69 Å². The molecule has 1 heterocycles. The summed E-state index contributed by atoms with van der Waals surface area (Å²) >= 11 is 0. The van der Waals surface area contributed by atoms with E-state index in [0.29, 0.717) is 28.4 Å². The van der Waals surface area contributed by atoms with Crippen molar-refractivity contribution in [2.75, 3.05) is 13.9 Å². The highest BCUT2D eigenvalue weighted by Gasteiger charge is 2.18. The molecular formula is C17H12N2O5. The summed E-state index contributed by atoms with van der Waals surface area (Å²) in [5.41, 5.74) is 1.26. The van der Waals surface area contributed by atoms with Gasteiger partial charge in [0, 0.05) is 23.8 Å². The minimum atomic E-state index is -0.500. The molecule has 7 heteroatoms. The number of nitro groups is 1. The van der Waals surface area contributed by atoms with Crippen LogP contribution in [0.5, 0.6) is 17.2 Å². The molecule has 0 aromatic heterocycles. The molecule has 2 aromatic carbocycles. The van der Waals surface area contributed by atoms with E-state index in [0.717, 1.165) is 0 Å². The molecule has 3 rings (SSSR count). The van der Waals surface area contributed by atoms with Crippen molar-refractivity contribution in [2.24, 2.45) is 0 Å². The maximum absolute atomic E-state index is 10.9. The molecule has 0 radical (unpaired) electrons. The van der Waals surface area contributed by atoms with E-state index in [1.54, 1.807) is 24.3 Å². The van der Waals surface area contributed by atoms with Gasteiger partial charge in [0.2, 0.25) is 6.79 Å². The lowest BCUT2D eigenvalue weighted by Gasteiger charge is -2.07. The van der Waals surface area contributed by atoms with Crippen LogP contribution >= 0.6 is 0 Å². The first kappa shape index (κ1) is 15.4. The van der Waals surface area contributed by atoms with Gasteiger partial charge >= 0.3 is 0 Å². The fourth-order valence-corrected chi connectivity index (χ4v) is 2.35. The molecule has 0 saturated heterocycles. The number of benzene rings is 2. The average Bonchev–Trinajstić information content (AvgIpc) is 3.06. The van der Waals surface area contributed by atoms with Crippen LogP contribution in [-0.2, 0) is 0 Å². The Hall–Kier alpha value is -3.53. The number of methoxy groups -OCH3 is 1. The Balaban J connectivity index is 2.07. The van der Waals surface area contributed by atoms with E-state index in [2.05, 4.69) is 6.07 Å². The number of non-ortho nitro benzene ring substituents is 1. The summed E-state index contributed by atoms with van der Waals surface area (Å²) in [6, 6.07) is 11.4. The average molecular weight is 324 g/mol. The van der Waals surface area contributed by atoms with Gasteiger partial charge < -0.3 is 14.2 Å². The van der Waals surface area contributed by atoms with Gasteiger partial charge in [0.1, 0.15) is 5.75 Å². The quantitative estimate of drug-likeness (QED) is 0.370. The van der Waals surface area contributed by atoms with Crippen molar-refractivity contribution in [3.05, 3.63) is 57.6 Å². The fraction of sp³-hybridized carbons (Fsp3) is 0.118. The van der Waals surface area contributed by atoms with Crippen LogP contribution in [0.15, 0.2) is 36.4 Å². The van der Waals surface area contributed by atoms with Gasteiger partial charge in [-0.3, -0.25) is 10.1 Å². The third kappa shape index (κ3) is 2.85. The van der Waals surface area contributed by atoms with Gasteiger partial charge in [-0.25, -0.2) is 0 Å². The Morgan fingerprint density at radius 2 is 2.08 bits per heavy atom. The summed E-state index contributed by atoms with van der Waals surface area (Å²) in [5.74, 6) is 1.63. The largest absolute Gasteiger partial charge is 0.496 e. The summed E-state index contributed by atoms with van der Waals surface area (Å²) in [6.07, 6.45) is 1.60. The lowest BCUT2D eigenvalue weighted by Crippen LogP contribution is -1.92. The van der Waals surface area contributed by atoms with Crippen LogP contribution in [0.2, 0.25) is 0 Å². The Bertz CT molecular complexity index is 883. The van der Waals surface area contributed by atoms with Crippen molar-refractivity contribution < 1.29 is 19.1 Å². The number of allylic oxidation sites excluding steroid dienone is 1. The molecule has 1 aliphatic rings. The molecule has 0 bridgehead atoms. The number of rotatable bonds is 4. The van der Waals surface area contributed by atoms with Crippen LogP contribution in [0.3, 0.4) is 0 Å². The third-order valence-electron chi connectivity index (χ3n) is 3.51. The summed E-state index contributed by atoms with van der Waals surface area (Å²) in [5, 5.41) is 20.3. The number of hydrogen-bond acceptors (Lipinski definition) is 6. The van der Waals surface area contributed by atoms with Crippen molar-refractivity contribution in [1.29, 1.82) is 5.26 Å². The Labute approximate surface area is 137 Å². The third-order valence-corrected chi connectivity index (χ3v) is 3.51. The molecule has 7 nitrogen and oxygen atoms in total. The molecule has 1 aliphatic heterocycles. The summed E-state index contributed by atoms with van der Waals surface area (Å²) < 4.78 is 15.9. The number of nitrogens with zero attached hydrogens (tertiary/aromatic N) is 2. The van der Waals surface area contributed by atoms with E-state index in [1.165, 1.54) is 25.3 Å². The molecule has 0 aliphatic carbocycles. The van der Waals surface area contributed by atoms with E-state index in [1.807, 2.05) is 0 Å². The maximum atomic E-state index is 10.9. The minimum Gasteiger partial charge on any atom is -0.496 e. The van der Waals surface area contributed by atoms with Gasteiger partial charge in [0.15, 0.2) is 11.5 Å². The topological polar surface area (TPSA) is 94.6 Å². The smallest absolute Gasteiger partial charge is 0.270 e. The van der Waals surface area contributed by atoms with Crippen LogP contribution in [0.1, 0.15) is 11.1 Å². The monoisotopic (exact) mass is 324 g/mol. The van der Waals surface area contributed by atoms with Crippen molar-refractivity contribution in [1.82, 2.24) is 0 Å². The van der Waals surface area contributed by atoms with Crippen molar-refractivity contribution in [3.63, 3.8) is 0 Å². The molecular weight excluding hydrogens is 312 g/mol. The first-order valence-corrected chi connectivity index (χ1v) is 6.96. The summed E-state index contributed by atoms with van der Waals surface area (Å²) in [7, 11) is 1.51. The standard InChI is InChI=1S/C17H12N2O5/c1-22-15-8-17-16(23-10-24-17)7-12(15)5-13(9-18)11-3-2-4-14(6-11)19(20)21/h2-8H,10H2,1H3. The number of hydrogen-bond donors (Lipinski definition) is 0. The van der Waals surface area contributed by atoms with Crippen LogP contribution < -0.4 is 14.2 Å². The normalized spacial score (nSPS) is 12.6. The number of fused-ring (bicyclic) bond motifs is 1. The zero-order valence-corrected chi connectivity index (χ0v) is 12.7. The molecule has 0 amide bonds. The van der Waals surface area contributed by atoms with Gasteiger partial charge in [-0.2, -0.15) is 5.26 Å². The van der Waals surface area contributed by atoms with Gasteiger partial charge in [0.05, 0.1) is 23.7 Å². The lowest BCUT2D eigenvalue weighted by atomic mass is 10.0. The Kier molecular flexibility index (Phi) is 4.03. The highest BCUT2D eigenvalue weighted by atomic mass is 16.7. The molecule has 24 heavy (non-hydrogen) atoms. The number of nitriles is 1. The summed E-state index contributed by atoms with van der Waals surface area (Å²) in [6.45, 7) is 0.127. The van der Waals surface area contributed by atoms with E-state index in [9.17, 15) is 15.4 Å². The highest BCUT2D eigenvalue weighted by molar-refractivity contribution is 5.91. The van der Waals surface area contributed by atoms with Crippen molar-refractivity contribution in [2.45, 2.75) is 0 Å². The van der Waals surface area contributed by atoms with Crippen molar-refractivity contribution >= 4 is 17.3 Å². The summed E-state index contributed by atoms with van der Waals surface area (Å²) in [4.78, 5) is 10.4. The van der Waals surface area contributed by atoms with Gasteiger partial charge in [-0.1, -0.05) is 12.1 Å².